The Bertz CT molecular complexity index is 1160. The van der Waals surface area contributed by atoms with Crippen molar-refractivity contribution in [2.45, 2.75) is 63.7 Å². The molecule has 2 heterocycles. The molecule has 1 fully saturated rings. The number of amides is 1. The Morgan fingerprint density at radius 3 is 2.48 bits per heavy atom. The first kappa shape index (κ1) is 23.8. The van der Waals surface area contributed by atoms with Crippen LogP contribution in [-0.4, -0.2) is 28.0 Å². The molecular weight excluding hydrogens is 473 g/mol. The lowest BCUT2D eigenvalue weighted by Crippen LogP contribution is -2.41. The summed E-state index contributed by atoms with van der Waals surface area (Å²) < 4.78 is 40.1. The Balaban J connectivity index is 1.41. The molecule has 1 atom stereocenters. The maximum absolute atomic E-state index is 13.4. The first-order valence-corrected chi connectivity index (χ1v) is 12.0. The second-order valence-corrected chi connectivity index (χ2v) is 9.79. The van der Waals surface area contributed by atoms with Crippen LogP contribution in [0, 0.1) is 6.92 Å². The highest BCUT2D eigenvalue weighted by molar-refractivity contribution is 7.09. The average Bonchev–Trinajstić information content (AvgIpc) is 3.20. The van der Waals surface area contributed by atoms with Gasteiger partial charge in [0.1, 0.15) is 10.7 Å². The van der Waals surface area contributed by atoms with Crippen molar-refractivity contribution in [1.29, 1.82) is 0 Å². The summed E-state index contributed by atoms with van der Waals surface area (Å²) in [4.78, 5) is 20.8. The molecule has 0 spiro atoms. The number of alkyl halides is 3. The van der Waals surface area contributed by atoms with Gasteiger partial charge in [0, 0.05) is 39.3 Å². The van der Waals surface area contributed by atoms with Crippen LogP contribution in [0.25, 0.3) is 10.9 Å². The number of benzene rings is 1. The zero-order chi connectivity index (χ0) is 23.8. The highest BCUT2D eigenvalue weighted by Gasteiger charge is 2.34. The summed E-state index contributed by atoms with van der Waals surface area (Å²) >= 11 is 7.56. The number of hydrogen-bond acceptors (Lipinski definition) is 5. The highest BCUT2D eigenvalue weighted by atomic mass is 35.5. The van der Waals surface area contributed by atoms with Gasteiger partial charge < -0.3 is 10.6 Å². The molecule has 33 heavy (non-hydrogen) atoms. The van der Waals surface area contributed by atoms with Crippen molar-refractivity contribution >= 4 is 45.4 Å². The van der Waals surface area contributed by atoms with Crippen molar-refractivity contribution in [3.63, 3.8) is 0 Å². The number of aromatic nitrogens is 2. The van der Waals surface area contributed by atoms with Crippen molar-refractivity contribution in [3.8, 4) is 0 Å². The Morgan fingerprint density at radius 1 is 1.15 bits per heavy atom. The standard InChI is InChI=1S/C23H24ClF3N4OS/c1-12-11-33-22(28-12)13(2)21(32)30-16-6-4-15(5-7-16)29-19-10-20(23(25,26)27)31-18-8-3-14(24)9-17(18)19/h3,8-11,13,15-16H,4-7H2,1-2H3,(H,29,31)(H,30,32)/t13?,15-,16+. The summed E-state index contributed by atoms with van der Waals surface area (Å²) in [6.45, 7) is 3.75. The molecule has 1 amide bonds. The smallest absolute Gasteiger partial charge is 0.382 e. The Kier molecular flexibility index (Phi) is 6.81. The zero-order valence-corrected chi connectivity index (χ0v) is 19.7. The minimum absolute atomic E-state index is 0.0112. The van der Waals surface area contributed by atoms with E-state index < -0.39 is 11.9 Å². The molecule has 2 aromatic heterocycles. The van der Waals surface area contributed by atoms with Gasteiger partial charge in [-0.1, -0.05) is 11.6 Å². The normalized spacial score (nSPS) is 19.9. The number of nitrogens with one attached hydrogen (secondary N) is 2. The predicted octanol–water partition coefficient (Wildman–Crippen LogP) is 6.31. The van der Waals surface area contributed by atoms with Crippen LogP contribution >= 0.6 is 22.9 Å². The third-order valence-corrected chi connectivity index (χ3v) is 7.28. The lowest BCUT2D eigenvalue weighted by atomic mass is 9.90. The fraction of sp³-hybridized carbons (Fsp3) is 0.435. The molecule has 1 saturated carbocycles. The SMILES string of the molecule is Cc1csc(C(C)C(=O)N[C@H]2CC[C@@H](Nc3cc(C(F)(F)F)nc4ccc(Cl)cc34)CC2)n1. The largest absolute Gasteiger partial charge is 0.433 e. The Hall–Kier alpha value is -2.39. The Labute approximate surface area is 198 Å². The van der Waals surface area contributed by atoms with Crippen molar-refractivity contribution in [1.82, 2.24) is 15.3 Å². The van der Waals surface area contributed by atoms with Gasteiger partial charge in [-0.2, -0.15) is 13.2 Å². The second-order valence-electron chi connectivity index (χ2n) is 8.46. The summed E-state index contributed by atoms with van der Waals surface area (Å²) in [5.74, 6) is -0.362. The van der Waals surface area contributed by atoms with E-state index >= 15 is 0 Å². The maximum Gasteiger partial charge on any atom is 0.433 e. The third-order valence-electron chi connectivity index (χ3n) is 5.89. The molecule has 2 N–H and O–H groups in total. The quantitative estimate of drug-likeness (QED) is 0.434. The van der Waals surface area contributed by atoms with Crippen LogP contribution in [0.2, 0.25) is 5.02 Å². The first-order chi connectivity index (χ1) is 15.6. The summed E-state index contributed by atoms with van der Waals surface area (Å²) in [6.07, 6.45) is -1.62. The summed E-state index contributed by atoms with van der Waals surface area (Å²) in [5.41, 5.74) is 0.575. The molecule has 4 rings (SSSR count). The molecule has 10 heteroatoms. The van der Waals surface area contributed by atoms with E-state index in [9.17, 15) is 18.0 Å². The molecule has 1 unspecified atom stereocenters. The van der Waals surface area contributed by atoms with E-state index in [4.69, 9.17) is 11.6 Å². The topological polar surface area (TPSA) is 66.9 Å². The van der Waals surface area contributed by atoms with Crippen LogP contribution in [0.15, 0.2) is 29.6 Å². The van der Waals surface area contributed by atoms with E-state index in [2.05, 4.69) is 20.6 Å². The number of rotatable bonds is 5. The van der Waals surface area contributed by atoms with E-state index in [1.54, 1.807) is 6.07 Å². The van der Waals surface area contributed by atoms with Gasteiger partial charge in [0.05, 0.1) is 11.4 Å². The molecule has 0 saturated heterocycles. The number of halogens is 4. The molecular formula is C23H24ClF3N4OS. The fourth-order valence-electron chi connectivity index (χ4n) is 4.07. The summed E-state index contributed by atoms with van der Waals surface area (Å²) in [5, 5.41) is 10.1. The number of nitrogens with zero attached hydrogens (tertiary/aromatic N) is 2. The lowest BCUT2D eigenvalue weighted by molar-refractivity contribution is -0.140. The Morgan fingerprint density at radius 2 is 1.85 bits per heavy atom. The molecule has 3 aromatic rings. The molecule has 1 aromatic carbocycles. The number of carbonyl (C=O) groups is 1. The van der Waals surface area contributed by atoms with E-state index in [-0.39, 0.29) is 29.4 Å². The lowest BCUT2D eigenvalue weighted by Gasteiger charge is -2.31. The highest BCUT2D eigenvalue weighted by Crippen LogP contribution is 2.35. The molecule has 1 aliphatic rings. The van der Waals surface area contributed by atoms with Gasteiger partial charge in [0.15, 0.2) is 0 Å². The van der Waals surface area contributed by atoms with Crippen LogP contribution in [-0.2, 0) is 11.0 Å². The van der Waals surface area contributed by atoms with Crippen LogP contribution in [0.5, 0.6) is 0 Å². The van der Waals surface area contributed by atoms with Crippen LogP contribution in [0.4, 0.5) is 18.9 Å². The molecule has 0 aliphatic heterocycles. The van der Waals surface area contributed by atoms with Crippen LogP contribution < -0.4 is 10.6 Å². The molecule has 0 bridgehead atoms. The summed E-state index contributed by atoms with van der Waals surface area (Å²) in [7, 11) is 0. The van der Waals surface area contributed by atoms with E-state index in [0.29, 0.717) is 16.1 Å². The molecule has 176 valence electrons. The van der Waals surface area contributed by atoms with E-state index in [1.165, 1.54) is 23.5 Å². The van der Waals surface area contributed by atoms with Crippen molar-refractivity contribution in [3.05, 3.63) is 51.1 Å². The number of carbonyl (C=O) groups excluding carboxylic acids is 1. The van der Waals surface area contributed by atoms with Gasteiger partial charge in [0.2, 0.25) is 5.91 Å². The average molecular weight is 497 g/mol. The summed E-state index contributed by atoms with van der Waals surface area (Å²) in [6, 6.07) is 5.72. The first-order valence-electron chi connectivity index (χ1n) is 10.8. The fourth-order valence-corrected chi connectivity index (χ4v) is 5.10. The number of fused-ring (bicyclic) bond motifs is 1. The minimum atomic E-state index is -4.54. The third kappa shape index (κ3) is 5.58. The van der Waals surface area contributed by atoms with Gasteiger partial charge in [-0.3, -0.25) is 4.79 Å². The monoisotopic (exact) mass is 496 g/mol. The number of aryl methyl sites for hydroxylation is 1. The van der Waals surface area contributed by atoms with Crippen molar-refractivity contribution < 1.29 is 18.0 Å². The van der Waals surface area contributed by atoms with Gasteiger partial charge in [-0.15, -0.1) is 11.3 Å². The maximum atomic E-state index is 13.4. The van der Waals surface area contributed by atoms with Crippen molar-refractivity contribution in [2.24, 2.45) is 0 Å². The van der Waals surface area contributed by atoms with Gasteiger partial charge in [-0.25, -0.2) is 9.97 Å². The number of hydrogen-bond donors (Lipinski definition) is 2. The van der Waals surface area contributed by atoms with Crippen molar-refractivity contribution in [2.75, 3.05) is 5.32 Å². The van der Waals surface area contributed by atoms with E-state index in [1.807, 2.05) is 19.2 Å². The second kappa shape index (κ2) is 9.46. The zero-order valence-electron chi connectivity index (χ0n) is 18.2. The predicted molar refractivity (Wildman–Crippen MR) is 125 cm³/mol. The molecule has 1 aliphatic carbocycles. The van der Waals surface area contributed by atoms with Gasteiger partial charge in [-0.05, 0) is 63.8 Å². The van der Waals surface area contributed by atoms with E-state index in [0.717, 1.165) is 42.5 Å². The molecule has 0 radical (unpaired) electrons. The van der Waals surface area contributed by atoms with Crippen LogP contribution in [0.1, 0.15) is 54.9 Å². The number of pyridine rings is 1. The minimum Gasteiger partial charge on any atom is -0.382 e. The van der Waals surface area contributed by atoms with Crippen LogP contribution in [0.3, 0.4) is 0 Å². The number of thiazole rings is 1. The molecule has 5 nitrogen and oxygen atoms in total. The number of anilines is 1. The van der Waals surface area contributed by atoms with Gasteiger partial charge >= 0.3 is 6.18 Å². The van der Waals surface area contributed by atoms with Gasteiger partial charge in [0.25, 0.3) is 0 Å².